The summed E-state index contributed by atoms with van der Waals surface area (Å²) in [4.78, 5) is 38.1. The molecule has 0 bridgehead atoms. The zero-order valence-corrected chi connectivity index (χ0v) is 12.9. The minimum atomic E-state index is -2.97. The van der Waals surface area contributed by atoms with Crippen molar-refractivity contribution in [3.8, 4) is 0 Å². The Morgan fingerprint density at radius 1 is 1.27 bits per heavy atom. The molecule has 1 N–H and O–H groups in total. The molecule has 2 saturated heterocycles. The fourth-order valence-corrected chi connectivity index (χ4v) is 3.33. The van der Waals surface area contributed by atoms with E-state index in [1.165, 1.54) is 0 Å². The van der Waals surface area contributed by atoms with E-state index in [1.807, 2.05) is 0 Å². The molecule has 2 heterocycles. The first-order valence-corrected chi connectivity index (χ1v) is 7.10. The van der Waals surface area contributed by atoms with E-state index < -0.39 is 41.8 Å². The molecule has 0 aromatic heterocycles. The van der Waals surface area contributed by atoms with Gasteiger partial charge in [0.1, 0.15) is 5.54 Å². The molecule has 2 fully saturated rings. The molecule has 0 unspecified atom stereocenters. The van der Waals surface area contributed by atoms with Crippen LogP contribution >= 0.6 is 0 Å². The van der Waals surface area contributed by atoms with Gasteiger partial charge in [-0.15, -0.1) is 0 Å². The summed E-state index contributed by atoms with van der Waals surface area (Å²) in [5, 5.41) is 9.38. The van der Waals surface area contributed by atoms with Gasteiger partial charge in [-0.3, -0.25) is 14.5 Å². The maximum Gasteiger partial charge on any atom is 0.408 e. The van der Waals surface area contributed by atoms with E-state index in [-0.39, 0.29) is 25.3 Å². The lowest BCUT2D eigenvalue weighted by atomic mass is 9.70. The monoisotopic (exact) mass is 318 g/mol. The Balaban J connectivity index is 2.45. The van der Waals surface area contributed by atoms with Crippen LogP contribution in [0.1, 0.15) is 33.6 Å². The smallest absolute Gasteiger partial charge is 0.408 e. The average Bonchev–Trinajstić information content (AvgIpc) is 2.88. The third kappa shape index (κ3) is 2.44. The number of amides is 2. The van der Waals surface area contributed by atoms with Crippen molar-refractivity contribution in [2.24, 2.45) is 5.41 Å². The Kier molecular flexibility index (Phi) is 3.70. The lowest BCUT2D eigenvalue weighted by molar-refractivity contribution is -0.149. The van der Waals surface area contributed by atoms with Gasteiger partial charge in [-0.2, -0.15) is 0 Å². The van der Waals surface area contributed by atoms with Crippen LogP contribution in [0.5, 0.6) is 0 Å². The number of alkyl halides is 2. The van der Waals surface area contributed by atoms with E-state index in [0.29, 0.717) is 0 Å². The summed E-state index contributed by atoms with van der Waals surface area (Å²) in [6.45, 7) is 3.69. The van der Waals surface area contributed by atoms with Crippen molar-refractivity contribution < 1.29 is 28.3 Å². The second-order valence-electron chi connectivity index (χ2n) is 7.03. The van der Waals surface area contributed by atoms with Crippen LogP contribution in [-0.2, 0) is 9.59 Å². The van der Waals surface area contributed by atoms with Crippen LogP contribution < -0.4 is 0 Å². The zero-order valence-electron chi connectivity index (χ0n) is 12.9. The summed E-state index contributed by atoms with van der Waals surface area (Å²) in [5.41, 5.74) is -2.52. The summed E-state index contributed by atoms with van der Waals surface area (Å²) >= 11 is 0. The van der Waals surface area contributed by atoms with Gasteiger partial charge < -0.3 is 10.0 Å². The van der Waals surface area contributed by atoms with E-state index in [9.17, 15) is 28.3 Å². The molecule has 0 aromatic carbocycles. The normalized spacial score (nSPS) is 28.3. The van der Waals surface area contributed by atoms with Crippen molar-refractivity contribution in [2.45, 2.75) is 45.1 Å². The number of Topliss-reactive ketones (excluding diaryl/α,β-unsaturated/α-hetero) is 1. The molecule has 2 aliphatic heterocycles. The SMILES string of the molecule is CC(C)(C)[C@]1(C(=O)N2CCC(F)(F)C2)CC(=O)CN1C(=O)O. The minimum absolute atomic E-state index is 0.134. The first-order valence-electron chi connectivity index (χ1n) is 7.10. The summed E-state index contributed by atoms with van der Waals surface area (Å²) in [6.07, 6.45) is -2.11. The number of hydrogen-bond acceptors (Lipinski definition) is 3. The van der Waals surface area contributed by atoms with E-state index in [2.05, 4.69) is 0 Å². The molecule has 2 amide bonds. The molecular weight excluding hydrogens is 298 g/mol. The maximum absolute atomic E-state index is 13.4. The molecule has 0 saturated carbocycles. The zero-order chi connectivity index (χ0) is 16.9. The molecule has 6 nitrogen and oxygen atoms in total. The van der Waals surface area contributed by atoms with Crippen molar-refractivity contribution >= 4 is 17.8 Å². The number of hydrogen-bond donors (Lipinski definition) is 1. The molecule has 2 aliphatic rings. The quantitative estimate of drug-likeness (QED) is 0.796. The number of halogens is 2. The molecule has 22 heavy (non-hydrogen) atoms. The highest BCUT2D eigenvalue weighted by Crippen LogP contribution is 2.45. The maximum atomic E-state index is 13.4. The van der Waals surface area contributed by atoms with Crippen molar-refractivity contribution in [3.63, 3.8) is 0 Å². The highest BCUT2D eigenvalue weighted by molar-refractivity contribution is 6.01. The highest BCUT2D eigenvalue weighted by Gasteiger charge is 2.62. The number of carbonyl (C=O) groups is 3. The van der Waals surface area contributed by atoms with E-state index >= 15 is 0 Å². The molecule has 124 valence electrons. The van der Waals surface area contributed by atoms with Gasteiger partial charge in [0.2, 0.25) is 5.91 Å². The molecule has 8 heteroatoms. The number of carboxylic acid groups (broad SMARTS) is 1. The van der Waals surface area contributed by atoms with E-state index in [4.69, 9.17) is 0 Å². The van der Waals surface area contributed by atoms with Crippen LogP contribution in [-0.4, -0.2) is 63.8 Å². The molecule has 0 radical (unpaired) electrons. The Hall–Kier alpha value is -1.73. The van der Waals surface area contributed by atoms with Crippen molar-refractivity contribution in [3.05, 3.63) is 0 Å². The van der Waals surface area contributed by atoms with Crippen molar-refractivity contribution in [1.82, 2.24) is 9.80 Å². The Labute approximate surface area is 127 Å². The highest BCUT2D eigenvalue weighted by atomic mass is 19.3. The molecule has 0 spiro atoms. The predicted molar refractivity (Wildman–Crippen MR) is 72.7 cm³/mol. The van der Waals surface area contributed by atoms with Gasteiger partial charge in [-0.1, -0.05) is 20.8 Å². The fraction of sp³-hybridized carbons (Fsp3) is 0.786. The largest absolute Gasteiger partial charge is 0.465 e. The van der Waals surface area contributed by atoms with Crippen LogP contribution in [0.15, 0.2) is 0 Å². The topological polar surface area (TPSA) is 77.9 Å². The lowest BCUT2D eigenvalue weighted by Crippen LogP contribution is -2.64. The van der Waals surface area contributed by atoms with Crippen LogP contribution in [0, 0.1) is 5.41 Å². The third-order valence-electron chi connectivity index (χ3n) is 4.53. The fourth-order valence-electron chi connectivity index (χ4n) is 3.33. The molecule has 1 atom stereocenters. The molecule has 2 rings (SSSR count). The van der Waals surface area contributed by atoms with Gasteiger partial charge in [0.15, 0.2) is 5.78 Å². The lowest BCUT2D eigenvalue weighted by Gasteiger charge is -2.46. The van der Waals surface area contributed by atoms with Gasteiger partial charge in [-0.05, 0) is 5.41 Å². The second-order valence-corrected chi connectivity index (χ2v) is 7.03. The Bertz CT molecular complexity index is 529. The van der Waals surface area contributed by atoms with Gasteiger partial charge in [0.25, 0.3) is 5.92 Å². The Morgan fingerprint density at radius 2 is 1.86 bits per heavy atom. The number of nitrogens with zero attached hydrogens (tertiary/aromatic N) is 2. The average molecular weight is 318 g/mol. The van der Waals surface area contributed by atoms with Gasteiger partial charge >= 0.3 is 6.09 Å². The van der Waals surface area contributed by atoms with Crippen LogP contribution in [0.4, 0.5) is 13.6 Å². The summed E-state index contributed by atoms with van der Waals surface area (Å²) in [5.74, 6) is -4.05. The van der Waals surface area contributed by atoms with Gasteiger partial charge in [0.05, 0.1) is 13.1 Å². The summed E-state index contributed by atoms with van der Waals surface area (Å²) in [7, 11) is 0. The van der Waals surface area contributed by atoms with Crippen LogP contribution in [0.2, 0.25) is 0 Å². The van der Waals surface area contributed by atoms with E-state index in [0.717, 1.165) is 9.80 Å². The van der Waals surface area contributed by atoms with Gasteiger partial charge in [0, 0.05) is 19.4 Å². The number of ketones is 1. The second kappa shape index (κ2) is 4.89. The van der Waals surface area contributed by atoms with Crippen molar-refractivity contribution in [1.29, 1.82) is 0 Å². The van der Waals surface area contributed by atoms with Crippen molar-refractivity contribution in [2.75, 3.05) is 19.6 Å². The summed E-state index contributed by atoms with van der Waals surface area (Å²) < 4.78 is 26.8. The van der Waals surface area contributed by atoms with Crippen LogP contribution in [0.3, 0.4) is 0 Å². The van der Waals surface area contributed by atoms with Crippen LogP contribution in [0.25, 0.3) is 0 Å². The number of carbonyl (C=O) groups excluding carboxylic acids is 2. The molecule has 0 aromatic rings. The predicted octanol–water partition coefficient (Wildman–Crippen LogP) is 1.59. The minimum Gasteiger partial charge on any atom is -0.465 e. The molecule has 0 aliphatic carbocycles. The Morgan fingerprint density at radius 3 is 2.27 bits per heavy atom. The first kappa shape index (κ1) is 16.6. The third-order valence-corrected chi connectivity index (χ3v) is 4.53. The number of rotatable bonds is 1. The first-order chi connectivity index (χ1) is 9.91. The van der Waals surface area contributed by atoms with Gasteiger partial charge in [-0.25, -0.2) is 13.6 Å². The number of likely N-dealkylation sites (tertiary alicyclic amines) is 2. The molecular formula is C14H20F2N2O4. The standard InChI is InChI=1S/C14H20F2N2O4/c1-12(2,3)14(6-9(19)7-18(14)11(21)22)10(20)17-5-4-13(15,16)8-17/h4-8H2,1-3H3,(H,21,22)/t14-/m1/s1. The van der Waals surface area contributed by atoms with E-state index in [1.54, 1.807) is 20.8 Å². The summed E-state index contributed by atoms with van der Waals surface area (Å²) in [6, 6.07) is 0.